The zero-order valence-corrected chi connectivity index (χ0v) is 15.0. The first-order chi connectivity index (χ1) is 12.1. The number of amides is 1. The Morgan fingerprint density at radius 1 is 1.28 bits per heavy atom. The van der Waals surface area contributed by atoms with Crippen LogP contribution in [0.25, 0.3) is 10.2 Å². The van der Waals surface area contributed by atoms with E-state index in [2.05, 4.69) is 6.07 Å². The van der Waals surface area contributed by atoms with E-state index in [0.29, 0.717) is 18.1 Å². The molecule has 0 radical (unpaired) electrons. The highest BCUT2D eigenvalue weighted by atomic mass is 35.5. The van der Waals surface area contributed by atoms with Gasteiger partial charge in [0.25, 0.3) is 5.91 Å². The smallest absolute Gasteiger partial charge is 0.256 e. The molecule has 0 aliphatic carbocycles. The molecule has 0 N–H and O–H groups in total. The Kier molecular flexibility index (Phi) is 4.44. The summed E-state index contributed by atoms with van der Waals surface area (Å²) in [6.07, 6.45) is 1.88. The van der Waals surface area contributed by atoms with Crippen LogP contribution in [0, 0.1) is 5.82 Å². The quantitative estimate of drug-likeness (QED) is 0.624. The van der Waals surface area contributed by atoms with Crippen molar-refractivity contribution >= 4 is 39.1 Å². The monoisotopic (exact) mass is 374 g/mol. The second-order valence-corrected chi connectivity index (χ2v) is 7.73. The molecule has 4 rings (SSSR count). The number of benzene rings is 2. The summed E-state index contributed by atoms with van der Waals surface area (Å²) in [7, 11) is 0. The van der Waals surface area contributed by atoms with Gasteiger partial charge in [-0.05, 0) is 43.2 Å². The number of aromatic nitrogens is 1. The van der Waals surface area contributed by atoms with Gasteiger partial charge in [-0.2, -0.15) is 0 Å². The van der Waals surface area contributed by atoms with Crippen LogP contribution in [-0.4, -0.2) is 28.9 Å². The minimum absolute atomic E-state index is 0.0781. The van der Waals surface area contributed by atoms with Crippen LogP contribution in [0.5, 0.6) is 0 Å². The highest BCUT2D eigenvalue weighted by molar-refractivity contribution is 7.18. The first-order valence-corrected chi connectivity index (χ1v) is 9.41. The Morgan fingerprint density at radius 2 is 2.12 bits per heavy atom. The van der Waals surface area contributed by atoms with Crippen LogP contribution in [0.3, 0.4) is 0 Å². The summed E-state index contributed by atoms with van der Waals surface area (Å²) in [6, 6.07) is 12.2. The van der Waals surface area contributed by atoms with Crippen LogP contribution in [-0.2, 0) is 0 Å². The van der Waals surface area contributed by atoms with Crippen molar-refractivity contribution in [2.24, 2.45) is 0 Å². The fraction of sp³-hybridized carbons (Fsp3) is 0.263. The van der Waals surface area contributed by atoms with E-state index in [-0.39, 0.29) is 17.4 Å². The van der Waals surface area contributed by atoms with Crippen molar-refractivity contribution in [1.82, 2.24) is 9.88 Å². The lowest BCUT2D eigenvalue weighted by atomic mass is 9.98. The number of para-hydroxylation sites is 1. The van der Waals surface area contributed by atoms with Gasteiger partial charge in [0.1, 0.15) is 5.82 Å². The Bertz CT molecular complexity index is 909. The number of hydrogen-bond donors (Lipinski definition) is 0. The number of rotatable bonds is 2. The van der Waals surface area contributed by atoms with Crippen LogP contribution in [0.2, 0.25) is 5.02 Å². The molecule has 128 valence electrons. The van der Waals surface area contributed by atoms with E-state index in [4.69, 9.17) is 16.6 Å². The molecule has 0 unspecified atom stereocenters. The molecule has 1 aliphatic heterocycles. The van der Waals surface area contributed by atoms with Crippen LogP contribution >= 0.6 is 22.9 Å². The number of piperidine rings is 1. The van der Waals surface area contributed by atoms with Crippen molar-refractivity contribution in [2.75, 3.05) is 13.1 Å². The molecule has 1 fully saturated rings. The molecule has 3 aromatic rings. The SMILES string of the molecule is O=C(c1ccc(Cl)cc1F)N1CCC[C@@H](c2nc3ccccc3s2)C1. The van der Waals surface area contributed by atoms with E-state index in [1.54, 1.807) is 22.3 Å². The van der Waals surface area contributed by atoms with Gasteiger partial charge in [0.15, 0.2) is 0 Å². The van der Waals surface area contributed by atoms with Gasteiger partial charge < -0.3 is 4.90 Å². The van der Waals surface area contributed by atoms with Crippen LogP contribution < -0.4 is 0 Å². The predicted octanol–water partition coefficient (Wildman–Crippen LogP) is 5.11. The molecular formula is C19H16ClFN2OS. The van der Waals surface area contributed by atoms with Gasteiger partial charge in [-0.3, -0.25) is 4.79 Å². The number of nitrogens with zero attached hydrogens (tertiary/aromatic N) is 2. The maximum absolute atomic E-state index is 14.1. The Morgan fingerprint density at radius 3 is 2.92 bits per heavy atom. The molecular weight excluding hydrogens is 359 g/mol. The molecule has 25 heavy (non-hydrogen) atoms. The third kappa shape index (κ3) is 3.26. The topological polar surface area (TPSA) is 33.2 Å². The summed E-state index contributed by atoms with van der Waals surface area (Å²) in [5.74, 6) is -0.648. The molecule has 3 nitrogen and oxygen atoms in total. The summed E-state index contributed by atoms with van der Waals surface area (Å²) in [4.78, 5) is 19.2. The molecule has 2 heterocycles. The van der Waals surface area contributed by atoms with Crippen molar-refractivity contribution < 1.29 is 9.18 Å². The molecule has 0 saturated carbocycles. The maximum Gasteiger partial charge on any atom is 0.256 e. The van der Waals surface area contributed by atoms with Gasteiger partial charge in [0, 0.05) is 24.0 Å². The molecule has 0 bridgehead atoms. The third-order valence-electron chi connectivity index (χ3n) is 4.53. The molecule has 2 aromatic carbocycles. The largest absolute Gasteiger partial charge is 0.338 e. The summed E-state index contributed by atoms with van der Waals surface area (Å²) >= 11 is 7.46. The van der Waals surface area contributed by atoms with E-state index in [9.17, 15) is 9.18 Å². The Balaban J connectivity index is 1.57. The lowest BCUT2D eigenvalue weighted by molar-refractivity contribution is 0.0702. The number of fused-ring (bicyclic) bond motifs is 1. The predicted molar refractivity (Wildman–Crippen MR) is 98.9 cm³/mol. The van der Waals surface area contributed by atoms with Crippen molar-refractivity contribution in [3.8, 4) is 0 Å². The van der Waals surface area contributed by atoms with Gasteiger partial charge >= 0.3 is 0 Å². The molecule has 0 spiro atoms. The lowest BCUT2D eigenvalue weighted by Crippen LogP contribution is -2.39. The summed E-state index contributed by atoms with van der Waals surface area (Å²) in [6.45, 7) is 1.21. The van der Waals surface area contributed by atoms with Crippen molar-refractivity contribution in [3.05, 3.63) is 63.9 Å². The molecule has 1 amide bonds. The van der Waals surface area contributed by atoms with E-state index in [1.807, 2.05) is 18.2 Å². The normalized spacial score (nSPS) is 17.8. The standard InChI is InChI=1S/C19H16ClFN2OS/c20-13-7-8-14(15(21)10-13)19(24)23-9-3-4-12(11-23)18-22-16-5-1-2-6-17(16)25-18/h1-2,5-8,10,12H,3-4,9,11H2/t12-/m1/s1. The lowest BCUT2D eigenvalue weighted by Gasteiger charge is -2.32. The third-order valence-corrected chi connectivity index (χ3v) is 5.96. The van der Waals surface area contributed by atoms with Gasteiger partial charge in [-0.15, -0.1) is 11.3 Å². The van der Waals surface area contributed by atoms with Gasteiger partial charge in [0.05, 0.1) is 20.8 Å². The number of likely N-dealkylation sites (tertiary alicyclic amines) is 1. The highest BCUT2D eigenvalue weighted by Gasteiger charge is 2.28. The fourth-order valence-electron chi connectivity index (χ4n) is 3.26. The van der Waals surface area contributed by atoms with Gasteiger partial charge in [-0.1, -0.05) is 23.7 Å². The van der Waals surface area contributed by atoms with Crippen LogP contribution in [0.15, 0.2) is 42.5 Å². The molecule has 6 heteroatoms. The van der Waals surface area contributed by atoms with Crippen molar-refractivity contribution in [2.45, 2.75) is 18.8 Å². The maximum atomic E-state index is 14.1. The van der Waals surface area contributed by atoms with E-state index in [0.717, 1.165) is 28.1 Å². The molecule has 1 aromatic heterocycles. The number of hydrogen-bond acceptors (Lipinski definition) is 3. The zero-order chi connectivity index (χ0) is 17.4. The van der Waals surface area contributed by atoms with Crippen molar-refractivity contribution in [1.29, 1.82) is 0 Å². The molecule has 1 aliphatic rings. The van der Waals surface area contributed by atoms with E-state index in [1.165, 1.54) is 12.1 Å². The van der Waals surface area contributed by atoms with Crippen LogP contribution in [0.1, 0.15) is 34.1 Å². The van der Waals surface area contributed by atoms with Crippen LogP contribution in [0.4, 0.5) is 4.39 Å². The fourth-order valence-corrected chi connectivity index (χ4v) is 4.51. The highest BCUT2D eigenvalue weighted by Crippen LogP contribution is 2.33. The minimum atomic E-state index is -0.570. The first-order valence-electron chi connectivity index (χ1n) is 8.21. The van der Waals surface area contributed by atoms with Crippen molar-refractivity contribution in [3.63, 3.8) is 0 Å². The molecule has 1 saturated heterocycles. The van der Waals surface area contributed by atoms with Gasteiger partial charge in [0.2, 0.25) is 0 Å². The second-order valence-electron chi connectivity index (χ2n) is 6.23. The minimum Gasteiger partial charge on any atom is -0.338 e. The summed E-state index contributed by atoms with van der Waals surface area (Å²) in [5, 5.41) is 1.34. The van der Waals surface area contributed by atoms with E-state index < -0.39 is 5.82 Å². The number of halogens is 2. The summed E-state index contributed by atoms with van der Waals surface area (Å²) in [5.41, 5.74) is 1.07. The average Bonchev–Trinajstić information content (AvgIpc) is 3.05. The number of thiazole rings is 1. The Labute approximate surface area is 154 Å². The van der Waals surface area contributed by atoms with E-state index >= 15 is 0 Å². The van der Waals surface area contributed by atoms with Gasteiger partial charge in [-0.25, -0.2) is 9.37 Å². The zero-order valence-electron chi connectivity index (χ0n) is 13.4. The average molecular weight is 375 g/mol. The number of carbonyl (C=O) groups excluding carboxylic acids is 1. The Hall–Kier alpha value is -1.98. The summed E-state index contributed by atoms with van der Waals surface area (Å²) < 4.78 is 15.2. The molecule has 1 atom stereocenters. The second kappa shape index (κ2) is 6.73. The number of carbonyl (C=O) groups is 1. The first kappa shape index (κ1) is 16.5.